The molecule has 0 saturated heterocycles. The topological polar surface area (TPSA) is 17.1 Å². The van der Waals surface area contributed by atoms with Gasteiger partial charge < -0.3 is 0 Å². The molecule has 0 N–H and O–H groups in total. The molecule has 3 heteroatoms. The van der Waals surface area contributed by atoms with E-state index in [4.69, 9.17) is 23.2 Å². The second kappa shape index (κ2) is 5.96. The zero-order valence-electron chi connectivity index (χ0n) is 14.1. The highest BCUT2D eigenvalue weighted by atomic mass is 35.5. The summed E-state index contributed by atoms with van der Waals surface area (Å²) in [5.41, 5.74) is -0.835. The largest absolute Gasteiger partial charge is 0.298 e. The van der Waals surface area contributed by atoms with Crippen molar-refractivity contribution < 1.29 is 4.79 Å². The Labute approximate surface area is 145 Å². The lowest BCUT2D eigenvalue weighted by molar-refractivity contribution is -0.172. The summed E-state index contributed by atoms with van der Waals surface area (Å²) in [6.45, 7) is 4.49. The van der Waals surface area contributed by atoms with Gasteiger partial charge in [0.25, 0.3) is 0 Å². The van der Waals surface area contributed by atoms with Crippen molar-refractivity contribution in [2.75, 3.05) is 0 Å². The average Bonchev–Trinajstić information content (AvgIpc) is 2.55. The van der Waals surface area contributed by atoms with E-state index in [1.54, 1.807) is 0 Å². The minimum Gasteiger partial charge on any atom is -0.298 e. The van der Waals surface area contributed by atoms with E-state index >= 15 is 0 Å². The van der Waals surface area contributed by atoms with E-state index < -0.39 is 15.2 Å². The van der Waals surface area contributed by atoms with Crippen LogP contribution in [0.4, 0.5) is 0 Å². The van der Waals surface area contributed by atoms with E-state index in [0.717, 1.165) is 63.2 Å². The number of carbonyl (C=O) groups is 1. The maximum Gasteiger partial charge on any atom is 0.151 e. The fraction of sp³-hybridized carbons (Fsp3) is 0.947. The van der Waals surface area contributed by atoms with Crippen LogP contribution in [0, 0.1) is 22.7 Å². The maximum atomic E-state index is 13.2. The summed E-state index contributed by atoms with van der Waals surface area (Å²) in [5, 5.41) is 0. The van der Waals surface area contributed by atoms with Crippen molar-refractivity contribution in [3.63, 3.8) is 0 Å². The van der Waals surface area contributed by atoms with Crippen LogP contribution < -0.4 is 0 Å². The molecule has 0 heterocycles. The van der Waals surface area contributed by atoms with E-state index in [1.807, 2.05) is 0 Å². The maximum absolute atomic E-state index is 13.2. The summed E-state index contributed by atoms with van der Waals surface area (Å²) in [7, 11) is 0. The summed E-state index contributed by atoms with van der Waals surface area (Å²) in [6, 6.07) is 0. The van der Waals surface area contributed by atoms with Crippen LogP contribution in [0.1, 0.15) is 84.5 Å². The van der Waals surface area contributed by atoms with Crippen LogP contribution in [0.2, 0.25) is 0 Å². The Morgan fingerprint density at radius 2 is 1.36 bits per heavy atom. The highest BCUT2D eigenvalue weighted by molar-refractivity contribution is 6.55. The Balaban J connectivity index is 1.74. The number of rotatable bonds is 3. The summed E-state index contributed by atoms with van der Waals surface area (Å²) in [6.07, 6.45) is 11.9. The van der Waals surface area contributed by atoms with Crippen molar-refractivity contribution in [2.24, 2.45) is 22.7 Å². The normalized spacial score (nSPS) is 44.3. The second-order valence-corrected chi connectivity index (χ2v) is 9.48. The van der Waals surface area contributed by atoms with Gasteiger partial charge in [0.1, 0.15) is 4.33 Å². The molecule has 126 valence electrons. The van der Waals surface area contributed by atoms with Gasteiger partial charge in [-0.05, 0) is 63.2 Å². The number of Topliss-reactive ketones (excluding diaryl/α,β-unsaturated/α-hetero) is 1. The number of halogens is 2. The van der Waals surface area contributed by atoms with Gasteiger partial charge in [0.15, 0.2) is 5.78 Å². The number of alkyl halides is 2. The van der Waals surface area contributed by atoms with Crippen molar-refractivity contribution in [3.8, 4) is 0 Å². The molecule has 0 aromatic heterocycles. The first-order valence-corrected chi connectivity index (χ1v) is 10.1. The first-order valence-electron chi connectivity index (χ1n) is 9.36. The first kappa shape index (κ1) is 17.1. The van der Waals surface area contributed by atoms with Gasteiger partial charge in [-0.3, -0.25) is 4.79 Å². The molecular formula is C19H30Cl2O. The van der Waals surface area contributed by atoms with Crippen molar-refractivity contribution in [1.29, 1.82) is 0 Å². The molecule has 3 aliphatic rings. The molecule has 1 nitrogen and oxygen atoms in total. The van der Waals surface area contributed by atoms with Crippen LogP contribution in [0.5, 0.6) is 0 Å². The molecule has 0 aromatic carbocycles. The summed E-state index contributed by atoms with van der Waals surface area (Å²) < 4.78 is -0.813. The number of hydrogen-bond acceptors (Lipinski definition) is 1. The van der Waals surface area contributed by atoms with Gasteiger partial charge in [0, 0.05) is 0 Å². The molecule has 22 heavy (non-hydrogen) atoms. The Morgan fingerprint density at radius 3 is 1.73 bits per heavy atom. The lowest BCUT2D eigenvalue weighted by Gasteiger charge is -2.67. The number of ketones is 1. The minimum absolute atomic E-state index is 0.417. The van der Waals surface area contributed by atoms with Crippen LogP contribution >= 0.6 is 23.2 Å². The Hall–Kier alpha value is 0.250. The van der Waals surface area contributed by atoms with Gasteiger partial charge in [0.05, 0.1) is 10.8 Å². The SMILES string of the molecule is CCCC1CCC2(CC1)C(=O)C1(CCC(CC)CC1)C2(Cl)Cl. The van der Waals surface area contributed by atoms with Crippen LogP contribution in [0.15, 0.2) is 0 Å². The highest BCUT2D eigenvalue weighted by Gasteiger charge is 2.78. The smallest absolute Gasteiger partial charge is 0.151 e. The molecule has 0 atom stereocenters. The van der Waals surface area contributed by atoms with E-state index in [-0.39, 0.29) is 0 Å². The monoisotopic (exact) mass is 344 g/mol. The van der Waals surface area contributed by atoms with Gasteiger partial charge in [-0.2, -0.15) is 0 Å². The molecule has 2 spiro atoms. The molecule has 0 amide bonds. The fourth-order valence-corrected chi connectivity index (χ4v) is 6.77. The van der Waals surface area contributed by atoms with Gasteiger partial charge >= 0.3 is 0 Å². The second-order valence-electron chi connectivity index (χ2n) is 8.15. The minimum atomic E-state index is -0.813. The molecule has 0 bridgehead atoms. The molecule has 3 aliphatic carbocycles. The number of hydrogen-bond donors (Lipinski definition) is 0. The van der Waals surface area contributed by atoms with Crippen molar-refractivity contribution in [2.45, 2.75) is 88.8 Å². The first-order chi connectivity index (χ1) is 10.4. The summed E-state index contributed by atoms with van der Waals surface area (Å²) in [4.78, 5) is 13.2. The zero-order valence-corrected chi connectivity index (χ0v) is 15.6. The Morgan fingerprint density at radius 1 is 0.909 bits per heavy atom. The van der Waals surface area contributed by atoms with Crippen molar-refractivity contribution in [3.05, 3.63) is 0 Å². The average molecular weight is 345 g/mol. The van der Waals surface area contributed by atoms with Gasteiger partial charge in [0.2, 0.25) is 0 Å². The van der Waals surface area contributed by atoms with Crippen LogP contribution in [-0.2, 0) is 4.79 Å². The molecule has 3 fully saturated rings. The third-order valence-electron chi connectivity index (χ3n) is 7.26. The standard InChI is InChI=1S/C19H30Cl2O/c1-3-5-15-8-12-18(13-9-15)16(22)17(19(18,20)21)10-6-14(4-2)7-11-17/h14-15H,3-13H2,1-2H3. The van der Waals surface area contributed by atoms with Crippen LogP contribution in [0.3, 0.4) is 0 Å². The molecule has 0 aromatic rings. The predicted octanol–water partition coefficient (Wildman–Crippen LogP) is 6.31. The lowest BCUT2D eigenvalue weighted by Crippen LogP contribution is -2.74. The van der Waals surface area contributed by atoms with E-state index in [9.17, 15) is 4.79 Å². The van der Waals surface area contributed by atoms with Crippen molar-refractivity contribution in [1.82, 2.24) is 0 Å². The third kappa shape index (κ3) is 2.14. The van der Waals surface area contributed by atoms with Gasteiger partial charge in [-0.15, -0.1) is 0 Å². The number of carbonyl (C=O) groups excluding carboxylic acids is 1. The molecular weight excluding hydrogens is 315 g/mol. The van der Waals surface area contributed by atoms with E-state index in [2.05, 4.69) is 13.8 Å². The van der Waals surface area contributed by atoms with Gasteiger partial charge in [-0.1, -0.05) is 56.3 Å². The van der Waals surface area contributed by atoms with E-state index in [1.165, 1.54) is 19.3 Å². The molecule has 3 saturated carbocycles. The Bertz CT molecular complexity index is 427. The van der Waals surface area contributed by atoms with Crippen LogP contribution in [-0.4, -0.2) is 10.1 Å². The highest BCUT2D eigenvalue weighted by Crippen LogP contribution is 2.74. The van der Waals surface area contributed by atoms with Gasteiger partial charge in [-0.25, -0.2) is 0 Å². The van der Waals surface area contributed by atoms with E-state index in [0.29, 0.717) is 5.78 Å². The third-order valence-corrected chi connectivity index (χ3v) is 8.71. The Kier molecular flexibility index (Phi) is 4.63. The molecule has 0 aliphatic heterocycles. The lowest BCUT2D eigenvalue weighted by atomic mass is 9.42. The molecule has 0 unspecified atom stereocenters. The van der Waals surface area contributed by atoms with Crippen LogP contribution in [0.25, 0.3) is 0 Å². The predicted molar refractivity (Wildman–Crippen MR) is 93.4 cm³/mol. The molecule has 0 radical (unpaired) electrons. The summed E-state index contributed by atoms with van der Waals surface area (Å²) >= 11 is 13.9. The van der Waals surface area contributed by atoms with Crippen molar-refractivity contribution >= 4 is 29.0 Å². The summed E-state index contributed by atoms with van der Waals surface area (Å²) in [5.74, 6) is 1.97. The zero-order chi connectivity index (χ0) is 16.0. The fourth-order valence-electron chi connectivity index (χ4n) is 5.67. The molecule has 3 rings (SSSR count). The quantitative estimate of drug-likeness (QED) is 0.548.